The van der Waals surface area contributed by atoms with E-state index >= 15 is 0 Å². The van der Waals surface area contributed by atoms with Crippen LogP contribution >= 0.6 is 0 Å². The Balaban J connectivity index is 2.30. The van der Waals surface area contributed by atoms with E-state index in [2.05, 4.69) is 4.98 Å². The number of aromatic nitrogens is 2. The first kappa shape index (κ1) is 8.77. The molecule has 0 atom stereocenters. The Morgan fingerprint density at radius 3 is 3.08 bits per heavy atom. The lowest BCUT2D eigenvalue weighted by atomic mass is 10.4. The predicted octanol–water partition coefficient (Wildman–Crippen LogP) is 1.67. The summed E-state index contributed by atoms with van der Waals surface area (Å²) in [7, 11) is 0. The fourth-order valence-corrected chi connectivity index (χ4v) is 0.745. The van der Waals surface area contributed by atoms with E-state index in [9.17, 15) is 4.79 Å². The molecule has 1 heterocycles. The lowest BCUT2D eigenvalue weighted by molar-refractivity contribution is 0.146. The minimum atomic E-state index is -0.360. The van der Waals surface area contributed by atoms with Gasteiger partial charge in [0.05, 0.1) is 6.61 Å². The molecule has 1 aromatic rings. The molecule has 1 rings (SSSR count). The van der Waals surface area contributed by atoms with Crippen molar-refractivity contribution in [1.29, 1.82) is 0 Å². The van der Waals surface area contributed by atoms with Gasteiger partial charge in [-0.25, -0.2) is 14.3 Å². The molecule has 0 amide bonds. The topological polar surface area (TPSA) is 44.1 Å². The van der Waals surface area contributed by atoms with E-state index in [1.165, 1.54) is 10.9 Å². The van der Waals surface area contributed by atoms with Gasteiger partial charge < -0.3 is 4.74 Å². The van der Waals surface area contributed by atoms with Gasteiger partial charge in [0, 0.05) is 12.4 Å². The number of ether oxygens (including phenoxy) is 1. The van der Waals surface area contributed by atoms with Gasteiger partial charge in [-0.2, -0.15) is 0 Å². The Morgan fingerprint density at radius 1 is 1.67 bits per heavy atom. The van der Waals surface area contributed by atoms with Gasteiger partial charge >= 0.3 is 6.09 Å². The summed E-state index contributed by atoms with van der Waals surface area (Å²) in [5.74, 6) is 0. The number of imidazole rings is 1. The van der Waals surface area contributed by atoms with Crippen LogP contribution in [0.4, 0.5) is 4.79 Å². The van der Waals surface area contributed by atoms with E-state index in [1.807, 2.05) is 6.92 Å². The molecule has 0 aromatic carbocycles. The number of carbonyl (C=O) groups excluding carboxylic acids is 1. The molecule has 0 aliphatic rings. The number of rotatable bonds is 3. The van der Waals surface area contributed by atoms with Crippen molar-refractivity contribution in [3.05, 3.63) is 18.7 Å². The number of hydrogen-bond acceptors (Lipinski definition) is 3. The first-order valence-corrected chi connectivity index (χ1v) is 3.99. The number of carbonyl (C=O) groups is 1. The third-order valence-corrected chi connectivity index (χ3v) is 1.44. The van der Waals surface area contributed by atoms with Crippen LogP contribution in [0.25, 0.3) is 0 Å². The molecule has 1 aromatic heterocycles. The minimum Gasteiger partial charge on any atom is -0.449 e. The van der Waals surface area contributed by atoms with Crippen LogP contribution in [-0.2, 0) is 4.74 Å². The highest BCUT2D eigenvalue weighted by molar-refractivity contribution is 5.69. The molecule has 0 unspecified atom stereocenters. The first-order valence-electron chi connectivity index (χ1n) is 3.99. The second-order valence-electron chi connectivity index (χ2n) is 2.44. The second-order valence-corrected chi connectivity index (χ2v) is 2.44. The van der Waals surface area contributed by atoms with Gasteiger partial charge in [0.15, 0.2) is 0 Å². The third kappa shape index (κ3) is 2.38. The quantitative estimate of drug-likeness (QED) is 0.645. The van der Waals surface area contributed by atoms with Crippen molar-refractivity contribution in [3.8, 4) is 0 Å². The molecule has 0 spiro atoms. The highest BCUT2D eigenvalue weighted by Crippen LogP contribution is 1.93. The lowest BCUT2D eigenvalue weighted by Crippen LogP contribution is -2.12. The molecule has 0 bridgehead atoms. The zero-order valence-electron chi connectivity index (χ0n) is 7.06. The molecule has 12 heavy (non-hydrogen) atoms. The van der Waals surface area contributed by atoms with E-state index in [0.29, 0.717) is 6.61 Å². The highest BCUT2D eigenvalue weighted by atomic mass is 16.5. The van der Waals surface area contributed by atoms with Crippen LogP contribution in [0.5, 0.6) is 0 Å². The molecule has 4 nitrogen and oxygen atoms in total. The van der Waals surface area contributed by atoms with Crippen LogP contribution < -0.4 is 0 Å². The summed E-state index contributed by atoms with van der Waals surface area (Å²) in [5.41, 5.74) is 0. The lowest BCUT2D eigenvalue weighted by Gasteiger charge is -2.02. The summed E-state index contributed by atoms with van der Waals surface area (Å²) in [5, 5.41) is 0. The Labute approximate surface area is 71.2 Å². The molecule has 0 aliphatic heterocycles. The van der Waals surface area contributed by atoms with Crippen LogP contribution in [0.1, 0.15) is 19.8 Å². The van der Waals surface area contributed by atoms with Crippen LogP contribution in [-0.4, -0.2) is 22.3 Å². The van der Waals surface area contributed by atoms with Crippen molar-refractivity contribution in [2.45, 2.75) is 19.8 Å². The van der Waals surface area contributed by atoms with Crippen molar-refractivity contribution < 1.29 is 9.53 Å². The smallest absolute Gasteiger partial charge is 0.419 e. The van der Waals surface area contributed by atoms with E-state index in [4.69, 9.17) is 4.74 Å². The fourth-order valence-electron chi connectivity index (χ4n) is 0.745. The van der Waals surface area contributed by atoms with E-state index in [1.54, 1.807) is 12.4 Å². The summed E-state index contributed by atoms with van der Waals surface area (Å²) in [4.78, 5) is 14.8. The Morgan fingerprint density at radius 2 is 2.50 bits per heavy atom. The number of nitrogens with zero attached hydrogens (tertiary/aromatic N) is 2. The molecule has 0 N–H and O–H groups in total. The maximum absolute atomic E-state index is 11.1. The van der Waals surface area contributed by atoms with Crippen molar-refractivity contribution >= 4 is 6.09 Å². The van der Waals surface area contributed by atoms with Gasteiger partial charge in [-0.05, 0) is 6.42 Å². The molecular formula is C8H12N2O2. The second kappa shape index (κ2) is 4.54. The van der Waals surface area contributed by atoms with Crippen LogP contribution in [0.15, 0.2) is 18.7 Å². The standard InChI is InChI=1S/C8H12N2O2/c1-2-3-6-12-8(11)10-5-4-9-7-10/h4-5,7H,2-3,6H2,1H3. The molecular weight excluding hydrogens is 156 g/mol. The van der Waals surface area contributed by atoms with E-state index in [-0.39, 0.29) is 6.09 Å². The van der Waals surface area contributed by atoms with E-state index < -0.39 is 0 Å². The predicted molar refractivity (Wildman–Crippen MR) is 43.9 cm³/mol. The monoisotopic (exact) mass is 168 g/mol. The third-order valence-electron chi connectivity index (χ3n) is 1.44. The van der Waals surface area contributed by atoms with Gasteiger partial charge in [-0.1, -0.05) is 13.3 Å². The Hall–Kier alpha value is -1.32. The van der Waals surface area contributed by atoms with Gasteiger partial charge in [-0.3, -0.25) is 0 Å². The van der Waals surface area contributed by atoms with Gasteiger partial charge in [-0.15, -0.1) is 0 Å². The summed E-state index contributed by atoms with van der Waals surface area (Å²) >= 11 is 0. The molecule has 4 heteroatoms. The normalized spacial score (nSPS) is 9.75. The molecule has 0 saturated carbocycles. The summed E-state index contributed by atoms with van der Waals surface area (Å²) in [6.07, 6.45) is 6.10. The zero-order chi connectivity index (χ0) is 8.81. The Bertz CT molecular complexity index is 231. The summed E-state index contributed by atoms with van der Waals surface area (Å²) in [6.45, 7) is 2.53. The van der Waals surface area contributed by atoms with Crippen LogP contribution in [0.3, 0.4) is 0 Å². The van der Waals surface area contributed by atoms with Gasteiger partial charge in [0.1, 0.15) is 6.33 Å². The average molecular weight is 168 g/mol. The van der Waals surface area contributed by atoms with Gasteiger partial charge in [0.25, 0.3) is 0 Å². The van der Waals surface area contributed by atoms with Crippen LogP contribution in [0, 0.1) is 0 Å². The van der Waals surface area contributed by atoms with E-state index in [0.717, 1.165) is 12.8 Å². The molecule has 0 aliphatic carbocycles. The van der Waals surface area contributed by atoms with Gasteiger partial charge in [0.2, 0.25) is 0 Å². The first-order chi connectivity index (χ1) is 5.84. The van der Waals surface area contributed by atoms with Crippen molar-refractivity contribution in [3.63, 3.8) is 0 Å². The number of unbranched alkanes of at least 4 members (excludes halogenated alkanes) is 1. The number of hydrogen-bond donors (Lipinski definition) is 0. The highest BCUT2D eigenvalue weighted by Gasteiger charge is 2.02. The minimum absolute atomic E-state index is 0.360. The largest absolute Gasteiger partial charge is 0.449 e. The fraction of sp³-hybridized carbons (Fsp3) is 0.500. The van der Waals surface area contributed by atoms with Crippen molar-refractivity contribution in [1.82, 2.24) is 9.55 Å². The summed E-state index contributed by atoms with van der Waals surface area (Å²) < 4.78 is 6.23. The maximum atomic E-state index is 11.1. The molecule has 0 fully saturated rings. The average Bonchev–Trinajstić information content (AvgIpc) is 2.56. The Kier molecular flexibility index (Phi) is 3.32. The van der Waals surface area contributed by atoms with Crippen molar-refractivity contribution in [2.75, 3.05) is 6.61 Å². The van der Waals surface area contributed by atoms with Crippen LogP contribution in [0.2, 0.25) is 0 Å². The molecule has 0 saturated heterocycles. The van der Waals surface area contributed by atoms with Crippen molar-refractivity contribution in [2.24, 2.45) is 0 Å². The zero-order valence-corrected chi connectivity index (χ0v) is 7.06. The molecule has 0 radical (unpaired) electrons. The molecule has 66 valence electrons. The SMILES string of the molecule is CCCCOC(=O)n1ccnc1. The maximum Gasteiger partial charge on any atom is 0.419 e. The summed E-state index contributed by atoms with van der Waals surface area (Å²) in [6, 6.07) is 0.